The van der Waals surface area contributed by atoms with Crippen LogP contribution in [0.1, 0.15) is 60.9 Å². The first-order valence-corrected chi connectivity index (χ1v) is 7.02. The monoisotopic (exact) mass is 281 g/mol. The van der Waals surface area contributed by atoms with Crippen LogP contribution >= 0.6 is 0 Å². The van der Waals surface area contributed by atoms with Crippen molar-refractivity contribution >= 4 is 11.9 Å². The minimum atomic E-state index is -0.495. The van der Waals surface area contributed by atoms with E-state index < -0.39 is 11.9 Å². The number of aromatic nitrogens is 1. The molecule has 1 unspecified atom stereocenters. The van der Waals surface area contributed by atoms with Gasteiger partial charge in [0.2, 0.25) is 0 Å². The van der Waals surface area contributed by atoms with Crippen LogP contribution in [-0.2, 0) is 20.7 Å². The summed E-state index contributed by atoms with van der Waals surface area (Å²) in [4.78, 5) is 27.0. The van der Waals surface area contributed by atoms with Crippen molar-refractivity contribution in [3.8, 4) is 0 Å². The van der Waals surface area contributed by atoms with Gasteiger partial charge in [0, 0.05) is 11.3 Å². The standard InChI is InChI=1S/C15H23NO4/c1-6-11-9(4)12(10(5)14(17)19-7-2)13(16-11)15(18)20-8-3/h10,16H,6-8H2,1-5H3. The molecule has 5 heteroatoms. The van der Waals surface area contributed by atoms with Crippen LogP contribution in [0.5, 0.6) is 0 Å². The van der Waals surface area contributed by atoms with Gasteiger partial charge in [0.1, 0.15) is 5.69 Å². The first-order valence-electron chi connectivity index (χ1n) is 7.02. The number of rotatable bonds is 6. The number of hydrogen-bond donors (Lipinski definition) is 1. The van der Waals surface area contributed by atoms with E-state index in [1.807, 2.05) is 13.8 Å². The Morgan fingerprint density at radius 1 is 1.15 bits per heavy atom. The zero-order valence-corrected chi connectivity index (χ0v) is 12.8. The lowest BCUT2D eigenvalue weighted by Crippen LogP contribution is -2.17. The third-order valence-electron chi connectivity index (χ3n) is 3.31. The van der Waals surface area contributed by atoms with Gasteiger partial charge in [0.15, 0.2) is 0 Å². The third kappa shape index (κ3) is 3.21. The third-order valence-corrected chi connectivity index (χ3v) is 3.31. The van der Waals surface area contributed by atoms with Gasteiger partial charge in [-0.2, -0.15) is 0 Å². The SMILES string of the molecule is CCOC(=O)c1[nH]c(CC)c(C)c1C(C)C(=O)OCC. The topological polar surface area (TPSA) is 68.4 Å². The van der Waals surface area contributed by atoms with E-state index in [9.17, 15) is 9.59 Å². The highest BCUT2D eigenvalue weighted by Gasteiger charge is 2.28. The van der Waals surface area contributed by atoms with Crippen molar-refractivity contribution in [2.24, 2.45) is 0 Å². The van der Waals surface area contributed by atoms with Gasteiger partial charge in [0.05, 0.1) is 19.1 Å². The molecule has 0 aliphatic rings. The predicted octanol–water partition coefficient (Wildman–Crippen LogP) is 2.73. The van der Waals surface area contributed by atoms with Crippen LogP contribution in [0.4, 0.5) is 0 Å². The summed E-state index contributed by atoms with van der Waals surface area (Å²) in [6, 6.07) is 0. The lowest BCUT2D eigenvalue weighted by Gasteiger charge is -2.12. The maximum Gasteiger partial charge on any atom is 0.355 e. The van der Waals surface area contributed by atoms with E-state index in [0.717, 1.165) is 17.7 Å². The van der Waals surface area contributed by atoms with Crippen molar-refractivity contribution < 1.29 is 19.1 Å². The lowest BCUT2D eigenvalue weighted by molar-refractivity contribution is -0.144. The van der Waals surface area contributed by atoms with Crippen LogP contribution in [0, 0.1) is 6.92 Å². The van der Waals surface area contributed by atoms with E-state index in [-0.39, 0.29) is 5.97 Å². The Morgan fingerprint density at radius 2 is 1.75 bits per heavy atom. The molecule has 1 atom stereocenters. The number of aryl methyl sites for hydroxylation is 1. The van der Waals surface area contributed by atoms with Crippen LogP contribution < -0.4 is 0 Å². The summed E-state index contributed by atoms with van der Waals surface area (Å²) >= 11 is 0. The highest BCUT2D eigenvalue weighted by Crippen LogP contribution is 2.28. The van der Waals surface area contributed by atoms with Gasteiger partial charge < -0.3 is 14.5 Å². The van der Waals surface area contributed by atoms with Gasteiger partial charge in [0.25, 0.3) is 0 Å². The molecule has 0 saturated heterocycles. The largest absolute Gasteiger partial charge is 0.466 e. The van der Waals surface area contributed by atoms with Crippen LogP contribution in [0.15, 0.2) is 0 Å². The van der Waals surface area contributed by atoms with Crippen molar-refractivity contribution in [3.63, 3.8) is 0 Å². The van der Waals surface area contributed by atoms with E-state index >= 15 is 0 Å². The van der Waals surface area contributed by atoms with Gasteiger partial charge in [-0.1, -0.05) is 6.92 Å². The van der Waals surface area contributed by atoms with E-state index in [1.54, 1.807) is 20.8 Å². The van der Waals surface area contributed by atoms with Gasteiger partial charge in [-0.3, -0.25) is 4.79 Å². The Labute approximate surface area is 119 Å². The van der Waals surface area contributed by atoms with Gasteiger partial charge >= 0.3 is 11.9 Å². The molecular formula is C15H23NO4. The van der Waals surface area contributed by atoms with Gasteiger partial charge in [-0.05, 0) is 39.7 Å². The molecule has 112 valence electrons. The summed E-state index contributed by atoms with van der Waals surface area (Å²) in [5, 5.41) is 0. The van der Waals surface area contributed by atoms with Crippen LogP contribution in [0.2, 0.25) is 0 Å². The summed E-state index contributed by atoms with van der Waals surface area (Å²) < 4.78 is 10.1. The number of ether oxygens (including phenoxy) is 2. The fraction of sp³-hybridized carbons (Fsp3) is 0.600. The van der Waals surface area contributed by atoms with E-state index in [4.69, 9.17) is 9.47 Å². The van der Waals surface area contributed by atoms with E-state index in [1.165, 1.54) is 0 Å². The molecule has 1 aromatic heterocycles. The molecule has 1 rings (SSSR count). The maximum atomic E-state index is 12.0. The summed E-state index contributed by atoms with van der Waals surface area (Å²) in [6.07, 6.45) is 0.758. The van der Waals surface area contributed by atoms with Gasteiger partial charge in [-0.15, -0.1) is 0 Å². The number of aromatic amines is 1. The van der Waals surface area contributed by atoms with E-state index in [0.29, 0.717) is 24.5 Å². The molecule has 0 fully saturated rings. The Kier molecular flexibility index (Phi) is 5.80. The molecule has 0 aromatic carbocycles. The average Bonchev–Trinajstić information content (AvgIpc) is 2.75. The molecule has 0 aliphatic heterocycles. The Morgan fingerprint density at radius 3 is 2.25 bits per heavy atom. The second kappa shape index (κ2) is 7.12. The first kappa shape index (κ1) is 16.3. The second-order valence-electron chi connectivity index (χ2n) is 4.56. The smallest absolute Gasteiger partial charge is 0.355 e. The van der Waals surface area contributed by atoms with Crippen molar-refractivity contribution in [3.05, 3.63) is 22.5 Å². The number of carbonyl (C=O) groups excluding carboxylic acids is 2. The van der Waals surface area contributed by atoms with Crippen molar-refractivity contribution in [1.82, 2.24) is 4.98 Å². The van der Waals surface area contributed by atoms with Crippen LogP contribution in [-0.4, -0.2) is 30.1 Å². The molecule has 0 aliphatic carbocycles. The number of carbonyl (C=O) groups is 2. The van der Waals surface area contributed by atoms with Crippen LogP contribution in [0.25, 0.3) is 0 Å². The highest BCUT2D eigenvalue weighted by molar-refractivity contribution is 5.93. The number of esters is 2. The lowest BCUT2D eigenvalue weighted by atomic mass is 9.96. The predicted molar refractivity (Wildman–Crippen MR) is 75.9 cm³/mol. The number of hydrogen-bond acceptors (Lipinski definition) is 4. The van der Waals surface area contributed by atoms with Gasteiger partial charge in [-0.25, -0.2) is 4.79 Å². The molecular weight excluding hydrogens is 258 g/mol. The molecule has 0 bridgehead atoms. The Hall–Kier alpha value is -1.78. The second-order valence-corrected chi connectivity index (χ2v) is 4.56. The van der Waals surface area contributed by atoms with E-state index in [2.05, 4.69) is 4.98 Å². The molecule has 0 amide bonds. The summed E-state index contributed by atoms with van der Waals surface area (Å²) in [5.74, 6) is -1.25. The summed E-state index contributed by atoms with van der Waals surface area (Å²) in [5.41, 5.74) is 2.91. The van der Waals surface area contributed by atoms with Crippen molar-refractivity contribution in [1.29, 1.82) is 0 Å². The summed E-state index contributed by atoms with van der Waals surface area (Å²) in [6.45, 7) is 9.78. The average molecular weight is 281 g/mol. The molecule has 1 heterocycles. The maximum absolute atomic E-state index is 12.0. The Balaban J connectivity index is 3.24. The minimum Gasteiger partial charge on any atom is -0.466 e. The molecule has 0 radical (unpaired) electrons. The summed E-state index contributed by atoms with van der Waals surface area (Å²) in [7, 11) is 0. The first-order chi connectivity index (χ1) is 9.47. The fourth-order valence-corrected chi connectivity index (χ4v) is 2.31. The highest BCUT2D eigenvalue weighted by atomic mass is 16.5. The minimum absolute atomic E-state index is 0.297. The molecule has 0 spiro atoms. The molecule has 1 aromatic rings. The zero-order valence-electron chi connectivity index (χ0n) is 12.8. The molecule has 1 N–H and O–H groups in total. The zero-order chi connectivity index (χ0) is 15.3. The number of H-pyrrole nitrogens is 1. The molecule has 0 saturated carbocycles. The van der Waals surface area contributed by atoms with Crippen molar-refractivity contribution in [2.75, 3.05) is 13.2 Å². The Bertz CT molecular complexity index is 490. The van der Waals surface area contributed by atoms with Crippen LogP contribution in [0.3, 0.4) is 0 Å². The van der Waals surface area contributed by atoms with Crippen molar-refractivity contribution in [2.45, 2.75) is 47.0 Å². The quantitative estimate of drug-likeness (QED) is 0.814. The molecule has 5 nitrogen and oxygen atoms in total. The molecule has 20 heavy (non-hydrogen) atoms. The number of nitrogens with one attached hydrogen (secondary N) is 1. The normalized spacial score (nSPS) is 12.1. The fourth-order valence-electron chi connectivity index (χ4n) is 2.31.